The zero-order valence-electron chi connectivity index (χ0n) is 10.4. The Labute approximate surface area is 108 Å². The van der Waals surface area contributed by atoms with E-state index in [4.69, 9.17) is 4.52 Å². The van der Waals surface area contributed by atoms with Crippen molar-refractivity contribution in [2.24, 2.45) is 0 Å². The van der Waals surface area contributed by atoms with Crippen LogP contribution in [0.4, 0.5) is 8.78 Å². The zero-order valence-corrected chi connectivity index (χ0v) is 10.4. The summed E-state index contributed by atoms with van der Waals surface area (Å²) in [5, 5.41) is 6.19. The summed E-state index contributed by atoms with van der Waals surface area (Å²) in [6.07, 6.45) is 0. The molecule has 0 aliphatic carbocycles. The van der Waals surface area contributed by atoms with Crippen LogP contribution in [0.5, 0.6) is 0 Å². The summed E-state index contributed by atoms with van der Waals surface area (Å²) >= 11 is 0. The van der Waals surface area contributed by atoms with Gasteiger partial charge in [0.05, 0.1) is 6.04 Å². The molecule has 0 saturated carbocycles. The Bertz CT molecular complexity index is 610. The summed E-state index contributed by atoms with van der Waals surface area (Å²) in [6.45, 7) is 3.33. The van der Waals surface area contributed by atoms with Crippen LogP contribution in [0.1, 0.15) is 34.8 Å². The van der Waals surface area contributed by atoms with Gasteiger partial charge in [0.2, 0.25) is 0 Å². The van der Waals surface area contributed by atoms with Gasteiger partial charge in [0.25, 0.3) is 5.91 Å². The van der Waals surface area contributed by atoms with Gasteiger partial charge in [0.1, 0.15) is 5.76 Å². The van der Waals surface area contributed by atoms with E-state index in [0.717, 1.165) is 12.1 Å². The van der Waals surface area contributed by atoms with Gasteiger partial charge in [-0.05, 0) is 31.5 Å². The highest BCUT2D eigenvalue weighted by Crippen LogP contribution is 2.16. The van der Waals surface area contributed by atoms with Gasteiger partial charge in [-0.15, -0.1) is 0 Å². The minimum Gasteiger partial charge on any atom is -0.361 e. The average molecular weight is 266 g/mol. The molecular formula is C13H12F2N2O2. The van der Waals surface area contributed by atoms with Gasteiger partial charge in [-0.1, -0.05) is 11.2 Å². The number of aryl methyl sites for hydroxylation is 1. The molecule has 1 aromatic carbocycles. The fraction of sp³-hybridized carbons (Fsp3) is 0.231. The molecule has 0 bridgehead atoms. The lowest BCUT2D eigenvalue weighted by Gasteiger charge is -2.13. The molecule has 0 unspecified atom stereocenters. The number of hydrogen-bond donors (Lipinski definition) is 1. The molecule has 1 heterocycles. The number of nitrogens with zero attached hydrogens (tertiary/aromatic N) is 1. The van der Waals surface area contributed by atoms with E-state index >= 15 is 0 Å². The van der Waals surface area contributed by atoms with Crippen molar-refractivity contribution < 1.29 is 18.1 Å². The van der Waals surface area contributed by atoms with Crippen molar-refractivity contribution in [3.8, 4) is 0 Å². The van der Waals surface area contributed by atoms with E-state index in [1.54, 1.807) is 13.8 Å². The molecule has 2 rings (SSSR count). The van der Waals surface area contributed by atoms with Gasteiger partial charge in [-0.3, -0.25) is 4.79 Å². The van der Waals surface area contributed by atoms with Crippen molar-refractivity contribution in [1.29, 1.82) is 0 Å². The van der Waals surface area contributed by atoms with Gasteiger partial charge in [0.15, 0.2) is 17.3 Å². The van der Waals surface area contributed by atoms with Crippen molar-refractivity contribution in [2.45, 2.75) is 19.9 Å². The second kappa shape index (κ2) is 5.17. The number of rotatable bonds is 3. The normalized spacial score (nSPS) is 12.2. The average Bonchev–Trinajstić information content (AvgIpc) is 2.79. The quantitative estimate of drug-likeness (QED) is 0.929. The fourth-order valence-electron chi connectivity index (χ4n) is 1.61. The summed E-state index contributed by atoms with van der Waals surface area (Å²) in [6, 6.07) is 4.51. The smallest absolute Gasteiger partial charge is 0.273 e. The Morgan fingerprint density at radius 1 is 1.32 bits per heavy atom. The molecule has 4 nitrogen and oxygen atoms in total. The molecule has 1 amide bonds. The first-order chi connectivity index (χ1) is 8.97. The molecular weight excluding hydrogens is 254 g/mol. The van der Waals surface area contributed by atoms with Crippen LogP contribution in [0, 0.1) is 18.6 Å². The second-order valence-corrected chi connectivity index (χ2v) is 4.19. The SMILES string of the molecule is Cc1cc(C(=O)N[C@@H](C)c2ccc(F)c(F)c2)no1. The van der Waals surface area contributed by atoms with Crippen molar-refractivity contribution in [3.05, 3.63) is 52.9 Å². The second-order valence-electron chi connectivity index (χ2n) is 4.19. The molecule has 19 heavy (non-hydrogen) atoms. The Morgan fingerprint density at radius 2 is 2.05 bits per heavy atom. The van der Waals surface area contributed by atoms with Crippen LogP contribution < -0.4 is 5.32 Å². The first-order valence-corrected chi connectivity index (χ1v) is 5.66. The molecule has 0 saturated heterocycles. The standard InChI is InChI=1S/C13H12F2N2O2/c1-7-5-12(17-19-7)13(18)16-8(2)9-3-4-10(14)11(15)6-9/h3-6,8H,1-2H3,(H,16,18)/t8-/m0/s1. The van der Waals surface area contributed by atoms with E-state index in [1.807, 2.05) is 0 Å². The number of carbonyl (C=O) groups is 1. The van der Waals surface area contributed by atoms with Gasteiger partial charge in [0, 0.05) is 6.07 Å². The highest BCUT2D eigenvalue weighted by molar-refractivity contribution is 5.92. The minimum atomic E-state index is -0.948. The van der Waals surface area contributed by atoms with Crippen molar-refractivity contribution in [3.63, 3.8) is 0 Å². The van der Waals surface area contributed by atoms with E-state index in [-0.39, 0.29) is 5.69 Å². The van der Waals surface area contributed by atoms with Crippen LogP contribution in [0.25, 0.3) is 0 Å². The topological polar surface area (TPSA) is 55.1 Å². The van der Waals surface area contributed by atoms with Crippen LogP contribution in [0.15, 0.2) is 28.8 Å². The van der Waals surface area contributed by atoms with E-state index in [9.17, 15) is 13.6 Å². The van der Waals surface area contributed by atoms with Gasteiger partial charge in [-0.25, -0.2) is 8.78 Å². The molecule has 6 heteroatoms. The number of amides is 1. The predicted octanol–water partition coefficient (Wildman–Crippen LogP) is 2.75. The van der Waals surface area contributed by atoms with Crippen LogP contribution in [0.3, 0.4) is 0 Å². The van der Waals surface area contributed by atoms with Gasteiger partial charge >= 0.3 is 0 Å². The van der Waals surface area contributed by atoms with Crippen LogP contribution >= 0.6 is 0 Å². The molecule has 100 valence electrons. The highest BCUT2D eigenvalue weighted by Gasteiger charge is 2.15. The van der Waals surface area contributed by atoms with E-state index in [2.05, 4.69) is 10.5 Å². The van der Waals surface area contributed by atoms with Crippen LogP contribution in [-0.2, 0) is 0 Å². The Balaban J connectivity index is 2.10. The summed E-state index contributed by atoms with van der Waals surface area (Å²) in [4.78, 5) is 11.8. The molecule has 1 aromatic heterocycles. The maximum Gasteiger partial charge on any atom is 0.273 e. The summed E-state index contributed by atoms with van der Waals surface area (Å²) in [5.74, 6) is -1.79. The van der Waals surface area contributed by atoms with Gasteiger partial charge in [-0.2, -0.15) is 0 Å². The number of benzene rings is 1. The maximum atomic E-state index is 13.1. The lowest BCUT2D eigenvalue weighted by molar-refractivity contribution is 0.0930. The molecule has 0 aliphatic rings. The summed E-state index contributed by atoms with van der Waals surface area (Å²) in [5.41, 5.74) is 0.611. The molecule has 2 aromatic rings. The Kier molecular flexibility index (Phi) is 3.59. The lowest BCUT2D eigenvalue weighted by atomic mass is 10.1. The van der Waals surface area contributed by atoms with Gasteiger partial charge < -0.3 is 9.84 Å². The zero-order chi connectivity index (χ0) is 14.0. The number of nitrogens with one attached hydrogen (secondary N) is 1. The molecule has 1 N–H and O–H groups in total. The lowest BCUT2D eigenvalue weighted by Crippen LogP contribution is -2.27. The number of hydrogen-bond acceptors (Lipinski definition) is 3. The van der Waals surface area contributed by atoms with Crippen LogP contribution in [-0.4, -0.2) is 11.1 Å². The largest absolute Gasteiger partial charge is 0.361 e. The molecule has 0 spiro atoms. The minimum absolute atomic E-state index is 0.145. The van der Waals surface area contributed by atoms with Crippen molar-refractivity contribution in [2.75, 3.05) is 0 Å². The Hall–Kier alpha value is -2.24. The van der Waals surface area contributed by atoms with Crippen molar-refractivity contribution in [1.82, 2.24) is 10.5 Å². The van der Waals surface area contributed by atoms with Crippen LogP contribution in [0.2, 0.25) is 0 Å². The molecule has 0 radical (unpaired) electrons. The first-order valence-electron chi connectivity index (χ1n) is 5.66. The predicted molar refractivity (Wildman–Crippen MR) is 63.5 cm³/mol. The third kappa shape index (κ3) is 2.96. The Morgan fingerprint density at radius 3 is 2.63 bits per heavy atom. The van der Waals surface area contributed by atoms with E-state index in [0.29, 0.717) is 11.3 Å². The fourth-order valence-corrected chi connectivity index (χ4v) is 1.61. The third-order valence-corrected chi connectivity index (χ3v) is 2.65. The highest BCUT2D eigenvalue weighted by atomic mass is 19.2. The number of halogens is 2. The number of carbonyl (C=O) groups excluding carboxylic acids is 1. The summed E-state index contributed by atoms with van der Waals surface area (Å²) < 4.78 is 30.7. The van der Waals surface area contributed by atoms with Crippen molar-refractivity contribution >= 4 is 5.91 Å². The third-order valence-electron chi connectivity index (χ3n) is 2.65. The monoisotopic (exact) mass is 266 g/mol. The molecule has 1 atom stereocenters. The molecule has 0 fully saturated rings. The maximum absolute atomic E-state index is 13.1. The first kappa shape index (κ1) is 13.2. The van der Waals surface area contributed by atoms with E-state index in [1.165, 1.54) is 12.1 Å². The number of aromatic nitrogens is 1. The van der Waals surface area contributed by atoms with E-state index < -0.39 is 23.6 Å². The summed E-state index contributed by atoms with van der Waals surface area (Å²) in [7, 11) is 0. The molecule has 0 aliphatic heterocycles.